The SMILES string of the molecule is c1ccc(-c2ccc(-c3nc4ccccc4c4c(-c5cccc(-c6nc(-c7ccccc7)nc(-c7cc8ccccc8c8ccccc78)n6)c5)c5c(cc34)oc3ccccc35)cc2)cc1. The first-order chi connectivity index (χ1) is 32.2. The van der Waals surface area contributed by atoms with E-state index in [4.69, 9.17) is 24.4 Å². The monoisotopic (exact) mass is 828 g/mol. The van der Waals surface area contributed by atoms with Crippen LogP contribution in [0, 0.1) is 0 Å². The van der Waals surface area contributed by atoms with E-state index in [2.05, 4.69) is 182 Å². The van der Waals surface area contributed by atoms with Crippen LogP contribution in [0.15, 0.2) is 223 Å². The summed E-state index contributed by atoms with van der Waals surface area (Å²) in [6, 6.07) is 76.3. The van der Waals surface area contributed by atoms with Crippen LogP contribution < -0.4 is 0 Å². The molecule has 13 aromatic rings. The van der Waals surface area contributed by atoms with Gasteiger partial charge in [-0.15, -0.1) is 0 Å². The lowest BCUT2D eigenvalue weighted by Gasteiger charge is -2.16. The van der Waals surface area contributed by atoms with E-state index in [0.29, 0.717) is 17.5 Å². The molecule has 0 aliphatic carbocycles. The lowest BCUT2D eigenvalue weighted by Crippen LogP contribution is -2.01. The summed E-state index contributed by atoms with van der Waals surface area (Å²) < 4.78 is 6.75. The number of fused-ring (bicyclic) bond motifs is 9. The van der Waals surface area contributed by atoms with Crippen molar-refractivity contribution in [2.45, 2.75) is 0 Å². The molecule has 0 unspecified atom stereocenters. The van der Waals surface area contributed by atoms with Gasteiger partial charge in [0, 0.05) is 54.7 Å². The van der Waals surface area contributed by atoms with Gasteiger partial charge >= 0.3 is 0 Å². The normalized spacial score (nSPS) is 11.7. The molecule has 302 valence electrons. The maximum absolute atomic E-state index is 6.75. The summed E-state index contributed by atoms with van der Waals surface area (Å²) >= 11 is 0. The van der Waals surface area contributed by atoms with Crippen LogP contribution in [-0.4, -0.2) is 19.9 Å². The first-order valence-electron chi connectivity index (χ1n) is 21.9. The summed E-state index contributed by atoms with van der Waals surface area (Å²) in [4.78, 5) is 21.1. The fourth-order valence-electron chi connectivity index (χ4n) is 9.67. The molecule has 3 heterocycles. The zero-order valence-corrected chi connectivity index (χ0v) is 35.0. The van der Waals surface area contributed by atoms with Gasteiger partial charge in [-0.3, -0.25) is 0 Å². The number of aromatic nitrogens is 4. The Kier molecular flexibility index (Phi) is 8.46. The summed E-state index contributed by atoms with van der Waals surface area (Å²) in [5.74, 6) is 1.82. The number of benzene rings is 10. The molecule has 0 saturated heterocycles. The molecule has 13 rings (SSSR count). The zero-order valence-electron chi connectivity index (χ0n) is 35.0. The highest BCUT2D eigenvalue weighted by atomic mass is 16.3. The molecule has 0 radical (unpaired) electrons. The number of para-hydroxylation sites is 2. The van der Waals surface area contributed by atoms with Gasteiger partial charge < -0.3 is 4.42 Å². The molecule has 0 aliphatic heterocycles. The number of furan rings is 1. The highest BCUT2D eigenvalue weighted by molar-refractivity contribution is 6.28. The van der Waals surface area contributed by atoms with Crippen molar-refractivity contribution in [1.82, 2.24) is 19.9 Å². The van der Waals surface area contributed by atoms with E-state index in [9.17, 15) is 0 Å². The molecule has 0 aliphatic rings. The second-order valence-corrected chi connectivity index (χ2v) is 16.5. The molecule has 0 fully saturated rings. The van der Waals surface area contributed by atoms with Crippen molar-refractivity contribution >= 4 is 65.2 Å². The van der Waals surface area contributed by atoms with Gasteiger partial charge in [-0.05, 0) is 68.6 Å². The van der Waals surface area contributed by atoms with Crippen LogP contribution in [0.2, 0.25) is 0 Å². The van der Waals surface area contributed by atoms with E-state index in [1.165, 1.54) is 10.9 Å². The molecule has 3 aromatic heterocycles. The molecule has 0 atom stereocenters. The van der Waals surface area contributed by atoms with Crippen molar-refractivity contribution in [3.8, 4) is 67.7 Å². The topological polar surface area (TPSA) is 64.7 Å². The second-order valence-electron chi connectivity index (χ2n) is 16.5. The summed E-state index contributed by atoms with van der Waals surface area (Å²) in [6.07, 6.45) is 0. The van der Waals surface area contributed by atoms with Gasteiger partial charge in [0.2, 0.25) is 0 Å². The molecule has 0 amide bonds. The van der Waals surface area contributed by atoms with Crippen LogP contribution in [0.5, 0.6) is 0 Å². The van der Waals surface area contributed by atoms with Crippen molar-refractivity contribution < 1.29 is 4.42 Å². The highest BCUT2D eigenvalue weighted by Crippen LogP contribution is 2.47. The van der Waals surface area contributed by atoms with Gasteiger partial charge in [0.1, 0.15) is 11.2 Å². The lowest BCUT2D eigenvalue weighted by atomic mass is 9.89. The van der Waals surface area contributed by atoms with Crippen molar-refractivity contribution in [2.75, 3.05) is 0 Å². The van der Waals surface area contributed by atoms with Crippen LogP contribution in [0.25, 0.3) is 133 Å². The molecule has 5 heteroatoms. The fourth-order valence-corrected chi connectivity index (χ4v) is 9.67. The predicted octanol–water partition coefficient (Wildman–Crippen LogP) is 15.8. The average Bonchev–Trinajstić information content (AvgIpc) is 3.76. The van der Waals surface area contributed by atoms with E-state index >= 15 is 0 Å². The molecule has 5 nitrogen and oxygen atoms in total. The van der Waals surface area contributed by atoms with E-state index in [0.717, 1.165) is 104 Å². The van der Waals surface area contributed by atoms with Crippen molar-refractivity contribution in [2.24, 2.45) is 0 Å². The van der Waals surface area contributed by atoms with E-state index < -0.39 is 0 Å². The van der Waals surface area contributed by atoms with Crippen LogP contribution >= 0.6 is 0 Å². The van der Waals surface area contributed by atoms with E-state index in [1.807, 2.05) is 36.4 Å². The summed E-state index contributed by atoms with van der Waals surface area (Å²) in [5, 5.41) is 9.87. The van der Waals surface area contributed by atoms with E-state index in [-0.39, 0.29) is 0 Å². The zero-order chi connectivity index (χ0) is 42.8. The predicted molar refractivity (Wildman–Crippen MR) is 268 cm³/mol. The molecule has 0 spiro atoms. The Morgan fingerprint density at radius 2 is 0.862 bits per heavy atom. The average molecular weight is 829 g/mol. The second kappa shape index (κ2) is 14.9. The molecule has 0 bridgehead atoms. The van der Waals surface area contributed by atoms with E-state index in [1.54, 1.807) is 0 Å². The quantitative estimate of drug-likeness (QED) is 0.156. The fraction of sp³-hybridized carbons (Fsp3) is 0. The van der Waals surface area contributed by atoms with Gasteiger partial charge in [0.15, 0.2) is 17.5 Å². The Morgan fingerprint density at radius 1 is 0.292 bits per heavy atom. The molecular weight excluding hydrogens is 793 g/mol. The minimum atomic E-state index is 0.590. The summed E-state index contributed by atoms with van der Waals surface area (Å²) in [6.45, 7) is 0. The smallest absolute Gasteiger partial charge is 0.164 e. The maximum atomic E-state index is 6.75. The summed E-state index contributed by atoms with van der Waals surface area (Å²) in [5.41, 5.74) is 11.7. The Balaban J connectivity index is 1.07. The Morgan fingerprint density at radius 3 is 1.66 bits per heavy atom. The number of hydrogen-bond donors (Lipinski definition) is 0. The first kappa shape index (κ1) is 36.8. The number of rotatable bonds is 6. The molecule has 0 N–H and O–H groups in total. The van der Waals surface area contributed by atoms with Crippen LogP contribution in [-0.2, 0) is 0 Å². The Hall–Kier alpha value is -8.80. The van der Waals surface area contributed by atoms with Crippen molar-refractivity contribution in [3.05, 3.63) is 218 Å². The molecule has 0 saturated carbocycles. The largest absolute Gasteiger partial charge is 0.456 e. The molecular formula is C60H36N4O. The van der Waals surface area contributed by atoms with Crippen LogP contribution in [0.4, 0.5) is 0 Å². The number of pyridine rings is 1. The number of nitrogens with zero attached hydrogens (tertiary/aromatic N) is 4. The van der Waals surface area contributed by atoms with Crippen LogP contribution in [0.3, 0.4) is 0 Å². The standard InChI is InChI=1S/C60H36N4O/c1-3-16-37(17-4-1)38-30-32-39(33-31-38)57-50-36-53-56(48-27-12-14-29-52(48)65-53)54(55(50)47-26-11-13-28-51(47)61-57)42-21-15-22-43(34-42)59-62-58(40-18-5-2-6-19-40)63-60(64-59)49-35-41-20-7-8-23-44(41)45-24-9-10-25-46(45)49/h1-36H. The van der Waals surface area contributed by atoms with Gasteiger partial charge in [0.05, 0.1) is 11.2 Å². The van der Waals surface area contributed by atoms with Gasteiger partial charge in [0.25, 0.3) is 0 Å². The summed E-state index contributed by atoms with van der Waals surface area (Å²) in [7, 11) is 0. The van der Waals surface area contributed by atoms with Crippen LogP contribution in [0.1, 0.15) is 0 Å². The maximum Gasteiger partial charge on any atom is 0.164 e. The lowest BCUT2D eigenvalue weighted by molar-refractivity contribution is 0.669. The molecule has 10 aromatic carbocycles. The minimum absolute atomic E-state index is 0.590. The van der Waals surface area contributed by atoms with Gasteiger partial charge in [-0.1, -0.05) is 188 Å². The minimum Gasteiger partial charge on any atom is -0.456 e. The third kappa shape index (κ3) is 6.16. The van der Waals surface area contributed by atoms with Gasteiger partial charge in [-0.25, -0.2) is 19.9 Å². The first-order valence-corrected chi connectivity index (χ1v) is 21.9. The Bertz CT molecular complexity index is 3990. The van der Waals surface area contributed by atoms with Crippen molar-refractivity contribution in [3.63, 3.8) is 0 Å². The highest BCUT2D eigenvalue weighted by Gasteiger charge is 2.23. The third-order valence-corrected chi connectivity index (χ3v) is 12.7. The van der Waals surface area contributed by atoms with Crippen molar-refractivity contribution in [1.29, 1.82) is 0 Å². The molecule has 65 heavy (non-hydrogen) atoms. The third-order valence-electron chi connectivity index (χ3n) is 12.7. The number of hydrogen-bond acceptors (Lipinski definition) is 5. The van der Waals surface area contributed by atoms with Gasteiger partial charge in [-0.2, -0.15) is 0 Å². The Labute approximate surface area is 374 Å².